The number of carboxylic acids is 1. The fourth-order valence-corrected chi connectivity index (χ4v) is 2.85. The monoisotopic (exact) mass is 376 g/mol. The number of hydrogen-bond acceptors (Lipinski definition) is 5. The summed E-state index contributed by atoms with van der Waals surface area (Å²) in [5.41, 5.74) is -0.0433. The van der Waals surface area contributed by atoms with Gasteiger partial charge in [0.05, 0.1) is 5.39 Å². The highest BCUT2D eigenvalue weighted by Gasteiger charge is 2.15. The summed E-state index contributed by atoms with van der Waals surface area (Å²) in [6.07, 6.45) is 0.226. The number of benzene rings is 3. The quantitative estimate of drug-likeness (QED) is 0.548. The second-order valence-electron chi connectivity index (χ2n) is 6.30. The van der Waals surface area contributed by atoms with Crippen molar-refractivity contribution in [3.05, 3.63) is 77.2 Å². The molecule has 4 rings (SSSR count). The second-order valence-corrected chi connectivity index (χ2v) is 6.30. The fourth-order valence-electron chi connectivity index (χ4n) is 2.85. The summed E-state index contributed by atoms with van der Waals surface area (Å²) in [5, 5.41) is 11.3. The maximum absolute atomic E-state index is 12.7. The van der Waals surface area contributed by atoms with Crippen LogP contribution >= 0.6 is 0 Å². The number of hydrogen-bond donors (Lipinski definition) is 1. The SMILES string of the molecule is CC(Oc1ccc2c(=O)c(Oc3ccc4ccccc4c3)coc2c1)C(=O)O. The summed E-state index contributed by atoms with van der Waals surface area (Å²) in [5.74, 6) is -0.189. The van der Waals surface area contributed by atoms with Gasteiger partial charge in [0.25, 0.3) is 0 Å². The standard InChI is InChI=1S/C22H16O6/c1-13(22(24)25)27-17-8-9-18-19(11-17)26-12-20(21(18)23)28-16-7-6-14-4-2-3-5-15(14)10-16/h2-13H,1H3,(H,24,25). The van der Waals surface area contributed by atoms with Crippen LogP contribution in [0, 0.1) is 0 Å². The van der Waals surface area contributed by atoms with Crippen molar-refractivity contribution in [3.8, 4) is 17.2 Å². The Kier molecular flexibility index (Phi) is 4.45. The van der Waals surface area contributed by atoms with Crippen molar-refractivity contribution in [1.82, 2.24) is 0 Å². The molecule has 0 aliphatic carbocycles. The normalized spacial score (nSPS) is 12.0. The number of rotatable bonds is 5. The van der Waals surface area contributed by atoms with Crippen molar-refractivity contribution >= 4 is 27.7 Å². The van der Waals surface area contributed by atoms with Crippen LogP contribution in [0.1, 0.15) is 6.92 Å². The van der Waals surface area contributed by atoms with Crippen LogP contribution in [0.4, 0.5) is 0 Å². The molecule has 6 nitrogen and oxygen atoms in total. The molecule has 0 saturated carbocycles. The molecule has 140 valence electrons. The van der Waals surface area contributed by atoms with E-state index in [1.165, 1.54) is 31.4 Å². The highest BCUT2D eigenvalue weighted by atomic mass is 16.5. The summed E-state index contributed by atoms with van der Waals surface area (Å²) < 4.78 is 16.5. The molecule has 1 heterocycles. The van der Waals surface area contributed by atoms with Crippen molar-refractivity contribution in [3.63, 3.8) is 0 Å². The lowest BCUT2D eigenvalue weighted by molar-refractivity contribution is -0.144. The summed E-state index contributed by atoms with van der Waals surface area (Å²) in [6.45, 7) is 1.42. The van der Waals surface area contributed by atoms with E-state index >= 15 is 0 Å². The molecule has 0 aliphatic heterocycles. The van der Waals surface area contributed by atoms with Gasteiger partial charge in [-0.15, -0.1) is 0 Å². The molecule has 0 amide bonds. The molecule has 0 aliphatic rings. The summed E-state index contributed by atoms with van der Waals surface area (Å²) >= 11 is 0. The first kappa shape index (κ1) is 17.6. The molecule has 0 bridgehead atoms. The van der Waals surface area contributed by atoms with Gasteiger partial charge in [0, 0.05) is 6.07 Å². The lowest BCUT2D eigenvalue weighted by atomic mass is 10.1. The van der Waals surface area contributed by atoms with E-state index in [1.807, 2.05) is 36.4 Å². The Hall–Kier alpha value is -3.80. The topological polar surface area (TPSA) is 86.0 Å². The van der Waals surface area contributed by atoms with Crippen molar-refractivity contribution in [2.45, 2.75) is 13.0 Å². The smallest absolute Gasteiger partial charge is 0.344 e. The first-order valence-electron chi connectivity index (χ1n) is 8.63. The number of carboxylic acid groups (broad SMARTS) is 1. The minimum atomic E-state index is -1.08. The Labute approximate surface area is 159 Å². The highest BCUT2D eigenvalue weighted by molar-refractivity contribution is 5.84. The summed E-state index contributed by atoms with van der Waals surface area (Å²) in [4.78, 5) is 23.6. The molecular formula is C22H16O6. The van der Waals surface area contributed by atoms with Gasteiger partial charge in [0.15, 0.2) is 6.10 Å². The van der Waals surface area contributed by atoms with Crippen LogP contribution in [-0.4, -0.2) is 17.2 Å². The minimum Gasteiger partial charge on any atom is -0.479 e. The molecule has 4 aromatic rings. The largest absolute Gasteiger partial charge is 0.479 e. The van der Waals surface area contributed by atoms with E-state index < -0.39 is 12.1 Å². The van der Waals surface area contributed by atoms with Gasteiger partial charge in [-0.1, -0.05) is 30.3 Å². The van der Waals surface area contributed by atoms with Crippen LogP contribution in [0.25, 0.3) is 21.7 Å². The second kappa shape index (κ2) is 7.08. The van der Waals surface area contributed by atoms with Gasteiger partial charge in [-0.25, -0.2) is 4.79 Å². The van der Waals surface area contributed by atoms with E-state index in [0.29, 0.717) is 16.9 Å². The number of ether oxygens (including phenoxy) is 2. The fraction of sp³-hybridized carbons (Fsp3) is 0.0909. The van der Waals surface area contributed by atoms with E-state index in [1.54, 1.807) is 6.07 Å². The lowest BCUT2D eigenvalue weighted by Crippen LogP contribution is -2.22. The van der Waals surface area contributed by atoms with Crippen molar-refractivity contribution < 1.29 is 23.8 Å². The van der Waals surface area contributed by atoms with Crippen LogP contribution < -0.4 is 14.9 Å². The number of carbonyl (C=O) groups is 1. The first-order valence-corrected chi connectivity index (χ1v) is 8.63. The van der Waals surface area contributed by atoms with E-state index in [2.05, 4.69) is 0 Å². The zero-order valence-electron chi connectivity index (χ0n) is 14.9. The zero-order valence-corrected chi connectivity index (χ0v) is 14.9. The summed E-state index contributed by atoms with van der Waals surface area (Å²) in [6, 6.07) is 17.9. The third-order valence-electron chi connectivity index (χ3n) is 4.32. The lowest BCUT2D eigenvalue weighted by Gasteiger charge is -2.11. The average Bonchev–Trinajstić information content (AvgIpc) is 2.70. The van der Waals surface area contributed by atoms with Gasteiger partial charge >= 0.3 is 5.97 Å². The third kappa shape index (κ3) is 3.40. The molecule has 1 unspecified atom stereocenters. The molecule has 6 heteroatoms. The molecular weight excluding hydrogens is 360 g/mol. The number of fused-ring (bicyclic) bond motifs is 2. The van der Waals surface area contributed by atoms with E-state index in [4.69, 9.17) is 19.0 Å². The third-order valence-corrected chi connectivity index (χ3v) is 4.32. The Balaban J connectivity index is 1.65. The molecule has 1 atom stereocenters. The molecule has 3 aromatic carbocycles. The predicted molar refractivity (Wildman–Crippen MR) is 104 cm³/mol. The van der Waals surface area contributed by atoms with Gasteiger partial charge in [0.2, 0.25) is 11.2 Å². The Morgan fingerprint density at radius 3 is 2.54 bits per heavy atom. The maximum Gasteiger partial charge on any atom is 0.344 e. The molecule has 0 saturated heterocycles. The molecule has 0 radical (unpaired) electrons. The van der Waals surface area contributed by atoms with Crippen LogP contribution in [0.3, 0.4) is 0 Å². The van der Waals surface area contributed by atoms with Crippen LogP contribution in [-0.2, 0) is 4.79 Å². The van der Waals surface area contributed by atoms with Gasteiger partial charge in [-0.05, 0) is 42.0 Å². The van der Waals surface area contributed by atoms with E-state index in [-0.39, 0.29) is 16.8 Å². The van der Waals surface area contributed by atoms with Crippen molar-refractivity contribution in [1.29, 1.82) is 0 Å². The van der Waals surface area contributed by atoms with Crippen molar-refractivity contribution in [2.75, 3.05) is 0 Å². The van der Waals surface area contributed by atoms with Crippen LogP contribution in [0.2, 0.25) is 0 Å². The van der Waals surface area contributed by atoms with Gasteiger partial charge < -0.3 is 19.0 Å². The summed E-state index contributed by atoms with van der Waals surface area (Å²) in [7, 11) is 0. The Bertz CT molecular complexity index is 1240. The molecule has 1 N–H and O–H groups in total. The highest BCUT2D eigenvalue weighted by Crippen LogP contribution is 2.26. The van der Waals surface area contributed by atoms with Crippen LogP contribution in [0.5, 0.6) is 17.2 Å². The van der Waals surface area contributed by atoms with Gasteiger partial charge in [-0.3, -0.25) is 4.79 Å². The first-order chi connectivity index (χ1) is 13.5. The minimum absolute atomic E-state index is 0.0651. The average molecular weight is 376 g/mol. The Morgan fingerprint density at radius 1 is 1.00 bits per heavy atom. The number of aliphatic carboxylic acids is 1. The molecule has 0 fully saturated rings. The molecule has 0 spiro atoms. The molecule has 1 aromatic heterocycles. The van der Waals surface area contributed by atoms with Crippen LogP contribution in [0.15, 0.2) is 76.1 Å². The predicted octanol–water partition coefficient (Wildman–Crippen LogP) is 4.59. The van der Waals surface area contributed by atoms with E-state index in [9.17, 15) is 9.59 Å². The molecule has 28 heavy (non-hydrogen) atoms. The van der Waals surface area contributed by atoms with Gasteiger partial charge in [0.1, 0.15) is 23.3 Å². The Morgan fingerprint density at radius 2 is 1.75 bits per heavy atom. The zero-order chi connectivity index (χ0) is 19.7. The van der Waals surface area contributed by atoms with Crippen molar-refractivity contribution in [2.24, 2.45) is 0 Å². The van der Waals surface area contributed by atoms with Gasteiger partial charge in [-0.2, -0.15) is 0 Å². The van der Waals surface area contributed by atoms with E-state index in [0.717, 1.165) is 10.8 Å². The maximum atomic E-state index is 12.7.